The summed E-state index contributed by atoms with van der Waals surface area (Å²) >= 11 is 0. The van der Waals surface area contributed by atoms with Gasteiger partial charge in [-0.15, -0.1) is 0 Å². The van der Waals surface area contributed by atoms with Crippen molar-refractivity contribution in [2.24, 2.45) is 11.7 Å². The van der Waals surface area contributed by atoms with Gasteiger partial charge in [-0.1, -0.05) is 25.0 Å². The Morgan fingerprint density at radius 1 is 1.04 bits per heavy atom. The molecule has 6 nitrogen and oxygen atoms in total. The van der Waals surface area contributed by atoms with Crippen LogP contribution >= 0.6 is 0 Å². The van der Waals surface area contributed by atoms with Crippen molar-refractivity contribution in [2.45, 2.75) is 50.6 Å². The lowest BCUT2D eigenvalue weighted by Gasteiger charge is -2.45. The molecule has 2 aliphatic heterocycles. The lowest BCUT2D eigenvalue weighted by Crippen LogP contribution is -2.57. The van der Waals surface area contributed by atoms with E-state index >= 15 is 0 Å². The first-order chi connectivity index (χ1) is 12.6. The zero-order valence-corrected chi connectivity index (χ0v) is 14.9. The van der Waals surface area contributed by atoms with Gasteiger partial charge in [0.15, 0.2) is 0 Å². The van der Waals surface area contributed by atoms with Gasteiger partial charge >= 0.3 is 0 Å². The van der Waals surface area contributed by atoms with Crippen molar-refractivity contribution in [3.63, 3.8) is 0 Å². The maximum Gasteiger partial charge on any atom is 0.261 e. The minimum atomic E-state index is -0.863. The zero-order valence-electron chi connectivity index (χ0n) is 14.9. The molecule has 3 atom stereocenters. The van der Waals surface area contributed by atoms with Crippen molar-refractivity contribution in [2.75, 3.05) is 13.1 Å². The van der Waals surface area contributed by atoms with Gasteiger partial charge in [0, 0.05) is 12.6 Å². The number of hydrogen-bond acceptors (Lipinski definition) is 4. The van der Waals surface area contributed by atoms with E-state index in [0.717, 1.165) is 30.7 Å². The summed E-state index contributed by atoms with van der Waals surface area (Å²) in [6.07, 6.45) is 6.80. The molecule has 0 radical (unpaired) electrons. The quantitative estimate of drug-likeness (QED) is 0.838. The molecule has 1 aromatic rings. The van der Waals surface area contributed by atoms with Crippen molar-refractivity contribution in [1.82, 2.24) is 9.80 Å². The Hall–Kier alpha value is -2.21. The Bertz CT molecular complexity index is 711. The summed E-state index contributed by atoms with van der Waals surface area (Å²) < 4.78 is 0. The van der Waals surface area contributed by atoms with Crippen molar-refractivity contribution in [3.05, 3.63) is 35.4 Å². The van der Waals surface area contributed by atoms with E-state index in [2.05, 4.69) is 0 Å². The molecule has 3 amide bonds. The second-order valence-corrected chi connectivity index (χ2v) is 7.66. The number of imide groups is 1. The standard InChI is InChI=1S/C20H25N3O3/c21-16(12-23-18(24)14-8-2-3-9-15(14)19(23)25)20(26)22-11-5-7-13-6-1-4-10-17(13)22/h2-3,8-9,13,16-17H,1,4-7,10-12,21H2/t13-,16-,17+/m1/s1. The Morgan fingerprint density at radius 3 is 2.35 bits per heavy atom. The molecule has 26 heavy (non-hydrogen) atoms. The van der Waals surface area contributed by atoms with E-state index in [4.69, 9.17) is 5.73 Å². The van der Waals surface area contributed by atoms with Gasteiger partial charge in [-0.05, 0) is 43.7 Å². The van der Waals surface area contributed by atoms with Crippen LogP contribution in [0, 0.1) is 5.92 Å². The number of piperidine rings is 1. The SMILES string of the molecule is N[C@H](CN1C(=O)c2ccccc2C1=O)C(=O)N1CCC[C@H]2CCCC[C@@H]21. The van der Waals surface area contributed by atoms with Gasteiger partial charge in [0.2, 0.25) is 5.91 Å². The number of nitrogens with zero attached hydrogens (tertiary/aromatic N) is 2. The van der Waals surface area contributed by atoms with E-state index in [1.165, 1.54) is 19.3 Å². The summed E-state index contributed by atoms with van der Waals surface area (Å²) in [5.41, 5.74) is 6.95. The van der Waals surface area contributed by atoms with Crippen molar-refractivity contribution in [3.8, 4) is 0 Å². The van der Waals surface area contributed by atoms with E-state index in [1.54, 1.807) is 24.3 Å². The Morgan fingerprint density at radius 2 is 1.65 bits per heavy atom. The molecular formula is C20H25N3O3. The van der Waals surface area contributed by atoms with Crippen LogP contribution in [-0.2, 0) is 4.79 Å². The molecular weight excluding hydrogens is 330 g/mol. The number of fused-ring (bicyclic) bond motifs is 2. The Kier molecular flexibility index (Phi) is 4.53. The third-order valence-electron chi connectivity index (χ3n) is 6.10. The van der Waals surface area contributed by atoms with Crippen LogP contribution in [-0.4, -0.2) is 52.7 Å². The van der Waals surface area contributed by atoms with Gasteiger partial charge in [-0.2, -0.15) is 0 Å². The van der Waals surface area contributed by atoms with Gasteiger partial charge in [0.25, 0.3) is 11.8 Å². The minimum absolute atomic E-state index is 0.0565. The number of amides is 3. The highest BCUT2D eigenvalue weighted by Gasteiger charge is 2.40. The summed E-state index contributed by atoms with van der Waals surface area (Å²) in [4.78, 5) is 41.0. The van der Waals surface area contributed by atoms with Crippen LogP contribution < -0.4 is 5.73 Å². The van der Waals surface area contributed by atoms with Crippen LogP contribution in [0.2, 0.25) is 0 Å². The van der Waals surface area contributed by atoms with E-state index in [0.29, 0.717) is 17.0 Å². The summed E-state index contributed by atoms with van der Waals surface area (Å²) in [7, 11) is 0. The molecule has 6 heteroatoms. The molecule has 1 aliphatic carbocycles. The number of rotatable bonds is 3. The zero-order chi connectivity index (χ0) is 18.3. The highest BCUT2D eigenvalue weighted by Crippen LogP contribution is 2.35. The molecule has 1 saturated heterocycles. The van der Waals surface area contributed by atoms with Crippen LogP contribution in [0.5, 0.6) is 0 Å². The Labute approximate surface area is 153 Å². The van der Waals surface area contributed by atoms with Gasteiger partial charge in [0.1, 0.15) is 6.04 Å². The van der Waals surface area contributed by atoms with Crippen LogP contribution in [0.3, 0.4) is 0 Å². The molecule has 2 heterocycles. The molecule has 0 aromatic heterocycles. The maximum absolute atomic E-state index is 13.0. The van der Waals surface area contributed by atoms with Crippen LogP contribution in [0.4, 0.5) is 0 Å². The molecule has 4 rings (SSSR count). The van der Waals surface area contributed by atoms with Gasteiger partial charge < -0.3 is 10.6 Å². The Balaban J connectivity index is 1.46. The fourth-order valence-corrected chi connectivity index (χ4v) is 4.79. The summed E-state index contributed by atoms with van der Waals surface area (Å²) in [5, 5.41) is 0. The van der Waals surface area contributed by atoms with Crippen LogP contribution in [0.25, 0.3) is 0 Å². The predicted molar refractivity (Wildman–Crippen MR) is 96.5 cm³/mol. The minimum Gasteiger partial charge on any atom is -0.338 e. The topological polar surface area (TPSA) is 83.7 Å². The summed E-state index contributed by atoms with van der Waals surface area (Å²) in [5.74, 6) is -0.266. The molecule has 3 aliphatic rings. The van der Waals surface area contributed by atoms with Gasteiger partial charge in [-0.3, -0.25) is 19.3 Å². The highest BCUT2D eigenvalue weighted by atomic mass is 16.2. The first-order valence-electron chi connectivity index (χ1n) is 9.59. The van der Waals surface area contributed by atoms with Crippen LogP contribution in [0.1, 0.15) is 59.2 Å². The number of benzene rings is 1. The monoisotopic (exact) mass is 355 g/mol. The van der Waals surface area contributed by atoms with Gasteiger partial charge in [-0.25, -0.2) is 0 Å². The largest absolute Gasteiger partial charge is 0.338 e. The van der Waals surface area contributed by atoms with Crippen molar-refractivity contribution < 1.29 is 14.4 Å². The smallest absolute Gasteiger partial charge is 0.261 e. The number of nitrogens with two attached hydrogens (primary N) is 1. The number of carbonyl (C=O) groups excluding carboxylic acids is 3. The normalized spacial score (nSPS) is 26.5. The highest BCUT2D eigenvalue weighted by molar-refractivity contribution is 6.21. The second-order valence-electron chi connectivity index (χ2n) is 7.66. The fraction of sp³-hybridized carbons (Fsp3) is 0.550. The first kappa shape index (κ1) is 17.2. The fourth-order valence-electron chi connectivity index (χ4n) is 4.79. The summed E-state index contributed by atoms with van der Waals surface area (Å²) in [6, 6.07) is 6.15. The molecule has 138 valence electrons. The molecule has 2 N–H and O–H groups in total. The molecule has 1 aromatic carbocycles. The molecule has 1 saturated carbocycles. The number of hydrogen-bond donors (Lipinski definition) is 1. The second kappa shape index (κ2) is 6.83. The van der Waals surface area contributed by atoms with E-state index < -0.39 is 6.04 Å². The van der Waals surface area contributed by atoms with Crippen molar-refractivity contribution >= 4 is 17.7 Å². The van der Waals surface area contributed by atoms with Crippen molar-refractivity contribution in [1.29, 1.82) is 0 Å². The first-order valence-corrected chi connectivity index (χ1v) is 9.59. The predicted octanol–water partition coefficient (Wildman–Crippen LogP) is 1.79. The molecule has 0 bridgehead atoms. The number of carbonyl (C=O) groups is 3. The van der Waals surface area contributed by atoms with Gasteiger partial charge in [0.05, 0.1) is 17.7 Å². The number of likely N-dealkylation sites (tertiary alicyclic amines) is 1. The lowest BCUT2D eigenvalue weighted by molar-refractivity contribution is -0.139. The third-order valence-corrected chi connectivity index (χ3v) is 6.10. The van der Waals surface area contributed by atoms with Crippen LogP contribution in [0.15, 0.2) is 24.3 Å². The average molecular weight is 355 g/mol. The maximum atomic E-state index is 13.0. The van der Waals surface area contributed by atoms with E-state index in [1.807, 2.05) is 4.90 Å². The summed E-state index contributed by atoms with van der Waals surface area (Å²) in [6.45, 7) is 0.675. The lowest BCUT2D eigenvalue weighted by atomic mass is 9.78. The third kappa shape index (κ3) is 2.82. The molecule has 0 unspecified atom stereocenters. The average Bonchev–Trinajstić information content (AvgIpc) is 2.92. The molecule has 2 fully saturated rings. The molecule has 0 spiro atoms. The van der Waals surface area contributed by atoms with E-state index in [-0.39, 0.29) is 30.3 Å². The van der Waals surface area contributed by atoms with E-state index in [9.17, 15) is 14.4 Å².